The molecule has 0 bridgehead atoms. The van der Waals surface area contributed by atoms with E-state index in [0.717, 1.165) is 23.5 Å². The van der Waals surface area contributed by atoms with Crippen LogP contribution in [-0.2, 0) is 9.84 Å². The molecule has 0 spiro atoms. The largest absolute Gasteiger partial charge is 0.508 e. The molecule has 0 amide bonds. The SMILES string of the molecule is CSc1sc(C(=O)O)cc1S(=O)(=O)c1cc(O)cc(Br)c1. The Morgan fingerprint density at radius 1 is 1.29 bits per heavy atom. The van der Waals surface area contributed by atoms with Gasteiger partial charge in [0.15, 0.2) is 0 Å². The summed E-state index contributed by atoms with van der Waals surface area (Å²) in [4.78, 5) is 10.8. The van der Waals surface area contributed by atoms with Gasteiger partial charge in [-0.1, -0.05) is 15.9 Å². The first-order valence-corrected chi connectivity index (χ1v) is 9.73. The third-order valence-electron chi connectivity index (χ3n) is 2.52. The zero-order chi connectivity index (χ0) is 15.8. The molecule has 0 unspecified atom stereocenters. The van der Waals surface area contributed by atoms with Gasteiger partial charge in [-0.3, -0.25) is 0 Å². The van der Waals surface area contributed by atoms with Crippen LogP contribution in [0.25, 0.3) is 0 Å². The van der Waals surface area contributed by atoms with Gasteiger partial charge in [0.25, 0.3) is 0 Å². The molecule has 0 aliphatic heterocycles. The molecule has 0 atom stereocenters. The van der Waals surface area contributed by atoms with Gasteiger partial charge in [0, 0.05) is 4.47 Å². The molecule has 0 aliphatic rings. The van der Waals surface area contributed by atoms with Gasteiger partial charge in [-0.2, -0.15) is 0 Å². The number of phenols is 1. The second-order valence-electron chi connectivity index (χ2n) is 3.92. The van der Waals surface area contributed by atoms with E-state index < -0.39 is 15.8 Å². The number of halogens is 1. The van der Waals surface area contributed by atoms with Gasteiger partial charge in [-0.25, -0.2) is 13.2 Å². The van der Waals surface area contributed by atoms with Crippen molar-refractivity contribution in [3.63, 3.8) is 0 Å². The fraction of sp³-hybridized carbons (Fsp3) is 0.0833. The lowest BCUT2D eigenvalue weighted by Crippen LogP contribution is -2.02. The molecule has 0 saturated carbocycles. The highest BCUT2D eigenvalue weighted by Crippen LogP contribution is 2.38. The maximum absolute atomic E-state index is 12.6. The standard InChI is InChI=1S/C12H9BrO5S3/c1-19-12-10(5-9(20-12)11(15)16)21(17,18)8-3-6(13)2-7(14)4-8/h2-5,14H,1H3,(H,15,16). The van der Waals surface area contributed by atoms with Crippen LogP contribution in [0.15, 0.2) is 42.7 Å². The molecule has 2 aromatic rings. The molecule has 1 aromatic heterocycles. The number of rotatable bonds is 4. The molecule has 112 valence electrons. The minimum Gasteiger partial charge on any atom is -0.508 e. The van der Waals surface area contributed by atoms with E-state index in [4.69, 9.17) is 5.11 Å². The number of thiophene rings is 1. The first-order valence-electron chi connectivity index (χ1n) is 5.41. The Hall–Kier alpha value is -1.03. The average Bonchev–Trinajstić information content (AvgIpc) is 2.82. The van der Waals surface area contributed by atoms with Gasteiger partial charge in [0.05, 0.1) is 14.0 Å². The number of phenolic OH excluding ortho intramolecular Hbond substituents is 1. The van der Waals surface area contributed by atoms with Gasteiger partial charge < -0.3 is 10.2 Å². The Kier molecular flexibility index (Phi) is 4.66. The zero-order valence-electron chi connectivity index (χ0n) is 10.5. The van der Waals surface area contributed by atoms with Crippen LogP contribution < -0.4 is 0 Å². The van der Waals surface area contributed by atoms with Gasteiger partial charge in [0.1, 0.15) is 10.6 Å². The highest BCUT2D eigenvalue weighted by atomic mass is 79.9. The molecular formula is C12H9BrO5S3. The number of carbonyl (C=O) groups is 1. The number of hydrogen-bond donors (Lipinski definition) is 2. The number of sulfone groups is 1. The highest BCUT2D eigenvalue weighted by molar-refractivity contribution is 9.10. The molecule has 1 heterocycles. The summed E-state index contributed by atoms with van der Waals surface area (Å²) in [6, 6.07) is 5.00. The molecule has 2 N–H and O–H groups in total. The Morgan fingerprint density at radius 2 is 1.95 bits per heavy atom. The van der Waals surface area contributed by atoms with Crippen LogP contribution in [0.4, 0.5) is 0 Å². The topological polar surface area (TPSA) is 91.7 Å². The Morgan fingerprint density at radius 3 is 2.48 bits per heavy atom. The molecule has 1 aromatic carbocycles. The second-order valence-corrected chi connectivity index (χ2v) is 8.88. The summed E-state index contributed by atoms with van der Waals surface area (Å²) >= 11 is 5.19. The van der Waals surface area contributed by atoms with Crippen molar-refractivity contribution in [1.82, 2.24) is 0 Å². The second kappa shape index (κ2) is 5.99. The molecule has 0 aliphatic carbocycles. The molecular weight excluding hydrogens is 400 g/mol. The number of carboxylic acid groups (broad SMARTS) is 1. The maximum Gasteiger partial charge on any atom is 0.345 e. The van der Waals surface area contributed by atoms with Crippen molar-refractivity contribution in [3.8, 4) is 5.75 Å². The van der Waals surface area contributed by atoms with Crippen molar-refractivity contribution >= 4 is 54.8 Å². The first kappa shape index (κ1) is 16.3. The molecule has 2 rings (SSSR count). The summed E-state index contributed by atoms with van der Waals surface area (Å²) in [6.07, 6.45) is 1.68. The third-order valence-corrected chi connectivity index (χ3v) is 7.25. The number of aromatic carboxylic acids is 1. The Labute approximate surface area is 137 Å². The summed E-state index contributed by atoms with van der Waals surface area (Å²) in [5, 5.41) is 18.5. The lowest BCUT2D eigenvalue weighted by Gasteiger charge is -2.06. The smallest absolute Gasteiger partial charge is 0.345 e. The molecule has 0 radical (unpaired) electrons. The van der Waals surface area contributed by atoms with Gasteiger partial charge in [-0.15, -0.1) is 23.1 Å². The lowest BCUT2D eigenvalue weighted by atomic mass is 10.3. The Bertz CT molecular complexity index is 790. The van der Waals surface area contributed by atoms with Crippen LogP contribution in [0.5, 0.6) is 5.75 Å². The van der Waals surface area contributed by atoms with Crippen LogP contribution >= 0.6 is 39.0 Å². The van der Waals surface area contributed by atoms with Crippen LogP contribution in [0.3, 0.4) is 0 Å². The number of thioether (sulfide) groups is 1. The first-order chi connectivity index (χ1) is 9.75. The quantitative estimate of drug-likeness (QED) is 0.752. The number of hydrogen-bond acceptors (Lipinski definition) is 6. The highest BCUT2D eigenvalue weighted by Gasteiger charge is 2.26. The van der Waals surface area contributed by atoms with E-state index >= 15 is 0 Å². The van der Waals surface area contributed by atoms with Crippen molar-refractivity contribution in [2.24, 2.45) is 0 Å². The zero-order valence-corrected chi connectivity index (χ0v) is 14.6. The summed E-state index contributed by atoms with van der Waals surface area (Å²) in [7, 11) is -3.90. The van der Waals surface area contributed by atoms with E-state index in [1.807, 2.05) is 0 Å². The van der Waals surface area contributed by atoms with Crippen LogP contribution in [0, 0.1) is 0 Å². The van der Waals surface area contributed by atoms with Crippen molar-refractivity contribution in [2.75, 3.05) is 6.26 Å². The minimum atomic E-state index is -3.90. The summed E-state index contributed by atoms with van der Waals surface area (Å²) in [5.74, 6) is -1.36. The predicted molar refractivity (Wildman–Crippen MR) is 84.3 cm³/mol. The van der Waals surface area contributed by atoms with Crippen molar-refractivity contribution in [1.29, 1.82) is 0 Å². The van der Waals surface area contributed by atoms with Gasteiger partial charge in [0.2, 0.25) is 9.84 Å². The fourth-order valence-electron chi connectivity index (χ4n) is 1.62. The maximum atomic E-state index is 12.6. The van der Waals surface area contributed by atoms with E-state index in [1.54, 1.807) is 6.26 Å². The molecule has 5 nitrogen and oxygen atoms in total. The van der Waals surface area contributed by atoms with Crippen molar-refractivity contribution in [3.05, 3.63) is 33.6 Å². The number of benzene rings is 1. The van der Waals surface area contributed by atoms with Gasteiger partial charge in [-0.05, 0) is 30.5 Å². The molecule has 21 heavy (non-hydrogen) atoms. The van der Waals surface area contributed by atoms with Crippen molar-refractivity contribution < 1.29 is 23.4 Å². The molecule has 0 saturated heterocycles. The van der Waals surface area contributed by atoms with E-state index in [1.165, 1.54) is 23.9 Å². The van der Waals surface area contributed by atoms with Crippen LogP contribution in [0.1, 0.15) is 9.67 Å². The summed E-state index contributed by atoms with van der Waals surface area (Å²) in [5.41, 5.74) is 0. The summed E-state index contributed by atoms with van der Waals surface area (Å²) < 4.78 is 26.1. The monoisotopic (exact) mass is 408 g/mol. The molecule has 0 fully saturated rings. The lowest BCUT2D eigenvalue weighted by molar-refractivity contribution is 0.0702. The number of carboxylic acids is 1. The Balaban J connectivity index is 2.66. The van der Waals surface area contributed by atoms with Gasteiger partial charge >= 0.3 is 5.97 Å². The predicted octanol–water partition coefficient (Wildman–Crippen LogP) is 3.47. The molecule has 9 heteroatoms. The normalized spacial score (nSPS) is 11.5. The number of aromatic hydroxyl groups is 1. The van der Waals surface area contributed by atoms with E-state index in [-0.39, 0.29) is 20.4 Å². The average molecular weight is 409 g/mol. The summed E-state index contributed by atoms with van der Waals surface area (Å²) in [6.45, 7) is 0. The minimum absolute atomic E-state index is 0.0443. The van der Waals surface area contributed by atoms with E-state index in [9.17, 15) is 18.3 Å². The fourth-order valence-corrected chi connectivity index (χ4v) is 6.15. The third kappa shape index (κ3) is 3.25. The van der Waals surface area contributed by atoms with Crippen LogP contribution in [0.2, 0.25) is 0 Å². The van der Waals surface area contributed by atoms with Crippen molar-refractivity contribution in [2.45, 2.75) is 14.0 Å². The van der Waals surface area contributed by atoms with E-state index in [0.29, 0.717) is 8.68 Å². The van der Waals surface area contributed by atoms with Crippen LogP contribution in [-0.4, -0.2) is 30.9 Å². The van der Waals surface area contributed by atoms with E-state index in [2.05, 4.69) is 15.9 Å².